The summed E-state index contributed by atoms with van der Waals surface area (Å²) >= 11 is 0. The summed E-state index contributed by atoms with van der Waals surface area (Å²) in [7, 11) is 0. The fourth-order valence-electron chi connectivity index (χ4n) is 1.67. The lowest BCUT2D eigenvalue weighted by Gasteiger charge is -2.35. The number of likely N-dealkylation sites (tertiary alicyclic amines) is 1. The summed E-state index contributed by atoms with van der Waals surface area (Å²) in [5.74, 6) is -1.000. The lowest BCUT2D eigenvalue weighted by atomic mass is 10.00. The summed E-state index contributed by atoms with van der Waals surface area (Å²) in [5, 5.41) is 0. The number of amides is 1. The van der Waals surface area contributed by atoms with Gasteiger partial charge in [-0.15, -0.1) is 0 Å². The van der Waals surface area contributed by atoms with Crippen molar-refractivity contribution in [1.29, 1.82) is 0 Å². The van der Waals surface area contributed by atoms with Crippen molar-refractivity contribution in [1.82, 2.24) is 10.6 Å². The number of carbonyl (C=O) groups excluding carboxylic acids is 2. The Balaban J connectivity index is 2.75. The number of ketones is 1. The van der Waals surface area contributed by atoms with Crippen LogP contribution in [0.2, 0.25) is 0 Å². The van der Waals surface area contributed by atoms with Gasteiger partial charge in [-0.2, -0.15) is 0 Å². The number of hydrogen-bond donors (Lipinski definition) is 0. The Labute approximate surface area is 90.1 Å². The molecule has 1 aliphatic heterocycles. The van der Waals surface area contributed by atoms with Crippen LogP contribution >= 0.6 is 0 Å². The first kappa shape index (κ1) is 11.9. The SMILES string of the molecule is CCC=C(C)C(=O)C(C([NH])=O)N1CCC1. The monoisotopic (exact) mass is 209 g/mol. The first-order valence-corrected chi connectivity index (χ1v) is 5.28. The molecule has 1 radical (unpaired) electrons. The van der Waals surface area contributed by atoms with Gasteiger partial charge in [0.1, 0.15) is 0 Å². The zero-order valence-electron chi connectivity index (χ0n) is 9.25. The standard InChI is InChI=1S/C11H17N2O2/c1-3-5-8(2)10(14)9(11(12)15)13-6-4-7-13/h5,9,12H,3-4,6-7H2,1-2H3. The summed E-state index contributed by atoms with van der Waals surface area (Å²) in [6.07, 6.45) is 3.59. The van der Waals surface area contributed by atoms with Crippen LogP contribution in [0.3, 0.4) is 0 Å². The van der Waals surface area contributed by atoms with Crippen molar-refractivity contribution < 1.29 is 9.59 Å². The Morgan fingerprint density at radius 2 is 2.07 bits per heavy atom. The molecule has 1 saturated heterocycles. The molecular weight excluding hydrogens is 192 g/mol. The molecule has 1 amide bonds. The Morgan fingerprint density at radius 3 is 2.40 bits per heavy atom. The van der Waals surface area contributed by atoms with E-state index in [1.807, 2.05) is 6.92 Å². The molecule has 1 rings (SSSR count). The predicted octanol–water partition coefficient (Wildman–Crippen LogP) is 0.796. The van der Waals surface area contributed by atoms with Crippen molar-refractivity contribution in [2.75, 3.05) is 13.1 Å². The number of hydrogen-bond acceptors (Lipinski definition) is 3. The predicted molar refractivity (Wildman–Crippen MR) is 57.1 cm³/mol. The third-order valence-corrected chi connectivity index (χ3v) is 2.65. The molecule has 4 heteroatoms. The molecule has 1 N–H and O–H groups in total. The third-order valence-electron chi connectivity index (χ3n) is 2.65. The normalized spacial score (nSPS) is 19.5. The van der Waals surface area contributed by atoms with E-state index in [1.165, 1.54) is 0 Å². The molecule has 4 nitrogen and oxygen atoms in total. The van der Waals surface area contributed by atoms with E-state index >= 15 is 0 Å². The molecule has 1 unspecified atom stereocenters. The average Bonchev–Trinajstić information content (AvgIpc) is 2.09. The van der Waals surface area contributed by atoms with Gasteiger partial charge < -0.3 is 0 Å². The van der Waals surface area contributed by atoms with Crippen LogP contribution in [0, 0.1) is 0 Å². The quantitative estimate of drug-likeness (QED) is 0.497. The van der Waals surface area contributed by atoms with E-state index in [0.29, 0.717) is 5.57 Å². The lowest BCUT2D eigenvalue weighted by molar-refractivity contribution is -0.134. The van der Waals surface area contributed by atoms with Crippen LogP contribution < -0.4 is 5.73 Å². The van der Waals surface area contributed by atoms with Gasteiger partial charge in [0.25, 0.3) is 5.91 Å². The Hall–Kier alpha value is -1.16. The number of carbonyl (C=O) groups is 2. The van der Waals surface area contributed by atoms with Crippen LogP contribution in [0.5, 0.6) is 0 Å². The van der Waals surface area contributed by atoms with Crippen LogP contribution in [0.4, 0.5) is 0 Å². The van der Waals surface area contributed by atoms with E-state index in [-0.39, 0.29) is 5.78 Å². The largest absolute Gasteiger partial charge is 0.292 e. The molecule has 1 fully saturated rings. The maximum absolute atomic E-state index is 11.9. The molecule has 15 heavy (non-hydrogen) atoms. The molecule has 0 aliphatic carbocycles. The third kappa shape index (κ3) is 2.65. The van der Waals surface area contributed by atoms with Crippen molar-refractivity contribution in [3.63, 3.8) is 0 Å². The molecule has 0 bridgehead atoms. The van der Waals surface area contributed by atoms with Crippen molar-refractivity contribution in [2.45, 2.75) is 32.7 Å². The highest BCUT2D eigenvalue weighted by molar-refractivity contribution is 6.12. The fraction of sp³-hybridized carbons (Fsp3) is 0.636. The minimum Gasteiger partial charge on any atom is -0.292 e. The number of nitrogens with one attached hydrogen (secondary N) is 1. The molecule has 1 atom stereocenters. The van der Waals surface area contributed by atoms with Crippen LogP contribution in [0.1, 0.15) is 26.7 Å². The second kappa shape index (κ2) is 5.07. The summed E-state index contributed by atoms with van der Waals surface area (Å²) in [5.41, 5.74) is 7.72. The average molecular weight is 209 g/mol. The van der Waals surface area contributed by atoms with Crippen molar-refractivity contribution in [3.05, 3.63) is 11.6 Å². The van der Waals surface area contributed by atoms with Gasteiger partial charge in [0.15, 0.2) is 11.8 Å². The van der Waals surface area contributed by atoms with E-state index in [1.54, 1.807) is 17.9 Å². The maximum atomic E-state index is 11.9. The van der Waals surface area contributed by atoms with Gasteiger partial charge in [0.2, 0.25) is 0 Å². The van der Waals surface area contributed by atoms with Gasteiger partial charge in [-0.05, 0) is 25.3 Å². The van der Waals surface area contributed by atoms with E-state index in [2.05, 4.69) is 0 Å². The molecule has 1 heterocycles. The summed E-state index contributed by atoms with van der Waals surface area (Å²) in [4.78, 5) is 24.7. The van der Waals surface area contributed by atoms with Gasteiger partial charge in [0, 0.05) is 13.1 Å². The van der Waals surface area contributed by atoms with E-state index in [9.17, 15) is 9.59 Å². The Morgan fingerprint density at radius 1 is 1.47 bits per heavy atom. The Kier molecular flexibility index (Phi) is 4.03. The van der Waals surface area contributed by atoms with Crippen molar-refractivity contribution in [2.24, 2.45) is 0 Å². The first-order chi connectivity index (χ1) is 7.07. The van der Waals surface area contributed by atoms with Crippen molar-refractivity contribution in [3.8, 4) is 0 Å². The number of nitrogens with zero attached hydrogens (tertiary/aromatic N) is 1. The van der Waals surface area contributed by atoms with E-state index < -0.39 is 11.9 Å². The van der Waals surface area contributed by atoms with Gasteiger partial charge >= 0.3 is 0 Å². The highest BCUT2D eigenvalue weighted by atomic mass is 16.2. The molecule has 0 saturated carbocycles. The number of rotatable bonds is 5. The summed E-state index contributed by atoms with van der Waals surface area (Å²) < 4.78 is 0. The molecule has 0 aromatic heterocycles. The fourth-order valence-corrected chi connectivity index (χ4v) is 1.67. The van der Waals surface area contributed by atoms with Crippen molar-refractivity contribution >= 4 is 11.7 Å². The van der Waals surface area contributed by atoms with Gasteiger partial charge in [-0.3, -0.25) is 20.2 Å². The molecule has 0 spiro atoms. The topological polar surface area (TPSA) is 61.2 Å². The summed E-state index contributed by atoms with van der Waals surface area (Å²) in [6.45, 7) is 5.15. The molecule has 0 aromatic rings. The highest BCUT2D eigenvalue weighted by Gasteiger charge is 2.34. The van der Waals surface area contributed by atoms with Gasteiger partial charge in [-0.1, -0.05) is 13.0 Å². The second-order valence-electron chi connectivity index (χ2n) is 3.82. The van der Waals surface area contributed by atoms with Crippen LogP contribution in [0.25, 0.3) is 0 Å². The van der Waals surface area contributed by atoms with Crippen LogP contribution in [0.15, 0.2) is 11.6 Å². The zero-order valence-corrected chi connectivity index (χ0v) is 9.25. The second-order valence-corrected chi connectivity index (χ2v) is 3.82. The minimum atomic E-state index is -0.860. The summed E-state index contributed by atoms with van der Waals surface area (Å²) in [6, 6.07) is -0.860. The Bertz CT molecular complexity index is 293. The first-order valence-electron chi connectivity index (χ1n) is 5.28. The number of allylic oxidation sites excluding steroid dienone is 1. The lowest BCUT2D eigenvalue weighted by Crippen LogP contribution is -2.53. The maximum Gasteiger partial charge on any atom is 0.263 e. The zero-order chi connectivity index (χ0) is 11.4. The minimum absolute atomic E-state index is 0.212. The molecule has 1 aliphatic rings. The number of Topliss-reactive ketones (excluding diaryl/α,β-unsaturated/α-hetero) is 1. The highest BCUT2D eigenvalue weighted by Crippen LogP contribution is 2.15. The van der Waals surface area contributed by atoms with Crippen LogP contribution in [-0.4, -0.2) is 35.7 Å². The van der Waals surface area contributed by atoms with E-state index in [4.69, 9.17) is 5.73 Å². The smallest absolute Gasteiger partial charge is 0.263 e. The van der Waals surface area contributed by atoms with Crippen LogP contribution in [-0.2, 0) is 9.59 Å². The van der Waals surface area contributed by atoms with E-state index in [0.717, 1.165) is 25.9 Å². The van der Waals surface area contributed by atoms with Gasteiger partial charge in [-0.25, -0.2) is 0 Å². The molecular formula is C11H17N2O2. The molecule has 83 valence electrons. The van der Waals surface area contributed by atoms with Gasteiger partial charge in [0.05, 0.1) is 0 Å². The molecule has 0 aromatic carbocycles.